The molecule has 194 valence electrons. The van der Waals surface area contributed by atoms with E-state index in [0.29, 0.717) is 31.7 Å². The van der Waals surface area contributed by atoms with Gasteiger partial charge in [-0.15, -0.1) is 13.2 Å². The van der Waals surface area contributed by atoms with Crippen molar-refractivity contribution >= 4 is 11.6 Å². The van der Waals surface area contributed by atoms with Gasteiger partial charge in [0.25, 0.3) is 0 Å². The Bertz CT molecular complexity index is 1220. The normalized spacial score (nSPS) is 21.1. The first kappa shape index (κ1) is 26.5. The number of halogens is 1. The number of hydrogen-bond donors (Lipinski definition) is 0. The largest absolute Gasteiger partial charge is 0.481 e. The molecule has 2 bridgehead atoms. The van der Waals surface area contributed by atoms with Crippen molar-refractivity contribution < 1.29 is 13.9 Å². The molecule has 1 amide bonds. The van der Waals surface area contributed by atoms with Gasteiger partial charge in [-0.3, -0.25) is 9.78 Å². The second kappa shape index (κ2) is 11.2. The first-order chi connectivity index (χ1) is 17.9. The van der Waals surface area contributed by atoms with Gasteiger partial charge >= 0.3 is 0 Å². The van der Waals surface area contributed by atoms with Crippen LogP contribution in [0, 0.1) is 12.3 Å². The van der Waals surface area contributed by atoms with Crippen molar-refractivity contribution in [2.24, 2.45) is 5.41 Å². The van der Waals surface area contributed by atoms with Crippen molar-refractivity contribution in [2.45, 2.75) is 57.5 Å². The fourth-order valence-corrected chi connectivity index (χ4v) is 5.61. The van der Waals surface area contributed by atoms with E-state index in [-0.39, 0.29) is 5.91 Å². The number of hydrogen-bond acceptors (Lipinski definition) is 4. The van der Waals surface area contributed by atoms with E-state index in [4.69, 9.17) is 4.74 Å². The van der Waals surface area contributed by atoms with Crippen LogP contribution in [0.4, 0.5) is 10.1 Å². The minimum atomic E-state index is -1.10. The van der Waals surface area contributed by atoms with E-state index < -0.39 is 11.1 Å². The lowest BCUT2D eigenvalue weighted by atomic mass is 9.42. The lowest BCUT2D eigenvalue weighted by molar-refractivity contribution is -0.211. The molecule has 3 saturated carbocycles. The van der Waals surface area contributed by atoms with Crippen molar-refractivity contribution in [1.29, 1.82) is 0 Å². The molecule has 0 N–H and O–H groups in total. The number of benzene rings is 1. The number of rotatable bonds is 10. The number of carbonyl (C=O) groups is 1. The molecule has 3 aliphatic rings. The van der Waals surface area contributed by atoms with Gasteiger partial charge in [0.05, 0.1) is 12.5 Å². The monoisotopic (exact) mass is 501 g/mol. The molecule has 2 aromatic heterocycles. The number of anilines is 1. The molecule has 0 radical (unpaired) electrons. The number of carbonyl (C=O) groups excluding carboxylic acids is 1. The van der Waals surface area contributed by atoms with Crippen LogP contribution in [0.5, 0.6) is 5.88 Å². The van der Waals surface area contributed by atoms with Crippen molar-refractivity contribution in [3.63, 3.8) is 0 Å². The van der Waals surface area contributed by atoms with Crippen LogP contribution in [-0.2, 0) is 11.2 Å². The zero-order chi connectivity index (χ0) is 26.5. The van der Waals surface area contributed by atoms with Gasteiger partial charge in [-0.2, -0.15) is 0 Å². The molecule has 5 nitrogen and oxygen atoms in total. The van der Waals surface area contributed by atoms with Gasteiger partial charge in [0.1, 0.15) is 5.67 Å². The third kappa shape index (κ3) is 5.74. The van der Waals surface area contributed by atoms with E-state index in [9.17, 15) is 9.18 Å². The van der Waals surface area contributed by atoms with E-state index in [1.165, 1.54) is 5.56 Å². The Hall–Kier alpha value is -3.54. The molecule has 0 saturated heterocycles. The number of unbranched alkanes of at least 4 members (excludes halogenated alkanes) is 2. The highest BCUT2D eigenvalue weighted by Gasteiger charge is 2.73. The highest BCUT2D eigenvalue weighted by Crippen LogP contribution is 2.70. The molecule has 2 heterocycles. The molecule has 0 aliphatic heterocycles. The number of aryl methyl sites for hydroxylation is 2. The SMILES string of the molecule is C=C.COc1cc(-c2cccc(N(CCCCCc3ccnc(C)c3)C(=O)C34CC(F)(C3)C4)c2)ccn1. The minimum Gasteiger partial charge on any atom is -0.481 e. The Morgan fingerprint density at radius 1 is 1.00 bits per heavy atom. The summed E-state index contributed by atoms with van der Waals surface area (Å²) in [4.78, 5) is 24.0. The molecular weight excluding hydrogens is 465 g/mol. The standard InChI is InChI=1S/C29H32FN3O2.C2H4/c1-21-15-22(10-12-31-21)7-4-3-5-14-33(27(34)28-18-29(30,19-28)20-28)25-9-6-8-23(16-25)24-11-13-32-26(17-24)35-2;1-2/h6,8-13,15-17H,3-5,7,14,18-20H2,1-2H3;1-2H2. The summed E-state index contributed by atoms with van der Waals surface area (Å²) in [6.07, 6.45) is 8.68. The van der Waals surface area contributed by atoms with Gasteiger partial charge in [-0.25, -0.2) is 9.37 Å². The van der Waals surface area contributed by atoms with Crippen molar-refractivity contribution in [1.82, 2.24) is 9.97 Å². The predicted molar refractivity (Wildman–Crippen MR) is 146 cm³/mol. The molecule has 0 unspecified atom stereocenters. The summed E-state index contributed by atoms with van der Waals surface area (Å²) < 4.78 is 19.5. The van der Waals surface area contributed by atoms with Crippen LogP contribution in [0.25, 0.3) is 11.1 Å². The zero-order valence-corrected chi connectivity index (χ0v) is 21.9. The first-order valence-corrected chi connectivity index (χ1v) is 12.9. The molecule has 1 aromatic carbocycles. The van der Waals surface area contributed by atoms with Gasteiger partial charge in [0, 0.05) is 36.4 Å². The van der Waals surface area contributed by atoms with Crippen molar-refractivity contribution in [2.75, 3.05) is 18.6 Å². The van der Waals surface area contributed by atoms with Crippen molar-refractivity contribution in [3.8, 4) is 17.0 Å². The number of amides is 1. The lowest BCUT2D eigenvalue weighted by Gasteiger charge is -2.65. The van der Waals surface area contributed by atoms with Gasteiger partial charge < -0.3 is 9.64 Å². The van der Waals surface area contributed by atoms with E-state index in [0.717, 1.165) is 48.2 Å². The van der Waals surface area contributed by atoms with E-state index in [1.807, 2.05) is 54.4 Å². The third-order valence-corrected chi connectivity index (χ3v) is 7.41. The number of pyridine rings is 2. The Morgan fingerprint density at radius 3 is 2.43 bits per heavy atom. The van der Waals surface area contributed by atoms with Crippen LogP contribution < -0.4 is 9.64 Å². The predicted octanol–water partition coefficient (Wildman–Crippen LogP) is 6.90. The van der Waals surface area contributed by atoms with Crippen LogP contribution in [0.3, 0.4) is 0 Å². The van der Waals surface area contributed by atoms with Gasteiger partial charge in [0.2, 0.25) is 11.8 Å². The first-order valence-electron chi connectivity index (χ1n) is 12.9. The van der Waals surface area contributed by atoms with Gasteiger partial charge in [-0.1, -0.05) is 18.6 Å². The summed E-state index contributed by atoms with van der Waals surface area (Å²) >= 11 is 0. The molecular formula is C31H36FN3O2. The molecule has 37 heavy (non-hydrogen) atoms. The second-order valence-electron chi connectivity index (χ2n) is 10.2. The third-order valence-electron chi connectivity index (χ3n) is 7.41. The van der Waals surface area contributed by atoms with Crippen LogP contribution >= 0.6 is 0 Å². The van der Waals surface area contributed by atoms with Crippen LogP contribution in [0.15, 0.2) is 74.1 Å². The number of nitrogens with zero attached hydrogens (tertiary/aromatic N) is 3. The van der Waals surface area contributed by atoms with Crippen molar-refractivity contribution in [3.05, 3.63) is 85.3 Å². The van der Waals surface area contributed by atoms with E-state index in [1.54, 1.807) is 13.3 Å². The number of aromatic nitrogens is 2. The molecule has 3 aromatic rings. The summed E-state index contributed by atoms with van der Waals surface area (Å²) in [5, 5.41) is 0. The topological polar surface area (TPSA) is 55.3 Å². The fourth-order valence-electron chi connectivity index (χ4n) is 5.61. The van der Waals surface area contributed by atoms with Crippen LogP contribution in [0.2, 0.25) is 0 Å². The number of alkyl halides is 1. The smallest absolute Gasteiger partial charge is 0.233 e. The summed E-state index contributed by atoms with van der Waals surface area (Å²) in [6.45, 7) is 8.65. The Morgan fingerprint density at radius 2 is 1.73 bits per heavy atom. The Labute approximate surface area is 219 Å². The van der Waals surface area contributed by atoms with Crippen LogP contribution in [-0.4, -0.2) is 35.2 Å². The van der Waals surface area contributed by atoms with E-state index >= 15 is 0 Å². The Kier molecular flexibility index (Phi) is 8.06. The van der Waals surface area contributed by atoms with Gasteiger partial charge in [-0.05, 0) is 92.5 Å². The molecule has 6 rings (SSSR count). The maximum absolute atomic E-state index is 14.2. The van der Waals surface area contributed by atoms with Gasteiger partial charge in [0.15, 0.2) is 0 Å². The maximum atomic E-state index is 14.2. The molecule has 3 fully saturated rings. The zero-order valence-electron chi connectivity index (χ0n) is 21.9. The molecule has 0 spiro atoms. The summed E-state index contributed by atoms with van der Waals surface area (Å²) in [7, 11) is 1.60. The molecule has 0 atom stereocenters. The quantitative estimate of drug-likeness (QED) is 0.224. The summed E-state index contributed by atoms with van der Waals surface area (Å²) in [5.74, 6) is 0.624. The average molecular weight is 502 g/mol. The lowest BCUT2D eigenvalue weighted by Crippen LogP contribution is -2.70. The number of ether oxygens (including phenoxy) is 1. The Balaban J connectivity index is 0.00000156. The molecule has 6 heteroatoms. The summed E-state index contributed by atoms with van der Waals surface area (Å²) in [6, 6.07) is 16.0. The summed E-state index contributed by atoms with van der Waals surface area (Å²) in [5.41, 5.74) is 3.58. The highest BCUT2D eigenvalue weighted by atomic mass is 19.1. The number of methoxy groups -OCH3 is 1. The average Bonchev–Trinajstić information content (AvgIpc) is 2.89. The fraction of sp³-hybridized carbons (Fsp3) is 0.387. The maximum Gasteiger partial charge on any atom is 0.233 e. The van der Waals surface area contributed by atoms with Crippen LogP contribution in [0.1, 0.15) is 49.8 Å². The molecule has 3 aliphatic carbocycles. The second-order valence-corrected chi connectivity index (χ2v) is 10.2. The van der Waals surface area contributed by atoms with E-state index in [2.05, 4.69) is 35.3 Å². The minimum absolute atomic E-state index is 0.0752. The highest BCUT2D eigenvalue weighted by molar-refractivity contribution is 6.00.